The molecule has 0 radical (unpaired) electrons. The van der Waals surface area contributed by atoms with Gasteiger partial charge in [0.2, 0.25) is 0 Å². The van der Waals surface area contributed by atoms with Crippen LogP contribution in [0.3, 0.4) is 0 Å². The van der Waals surface area contributed by atoms with E-state index in [4.69, 9.17) is 18.9 Å². The van der Waals surface area contributed by atoms with Crippen LogP contribution >= 0.6 is 0 Å². The first-order valence-corrected chi connectivity index (χ1v) is 16.5. The van der Waals surface area contributed by atoms with Gasteiger partial charge in [-0.25, -0.2) is 29.0 Å². The first-order valence-electron chi connectivity index (χ1n) is 16.5. The van der Waals surface area contributed by atoms with Crippen molar-refractivity contribution >= 4 is 58.9 Å². The van der Waals surface area contributed by atoms with Crippen LogP contribution in [0, 0.1) is 0 Å². The highest BCUT2D eigenvalue weighted by molar-refractivity contribution is 6.28. The molecule has 56 heavy (non-hydrogen) atoms. The maximum atomic E-state index is 12.7. The van der Waals surface area contributed by atoms with Crippen LogP contribution in [0.2, 0.25) is 0 Å². The second-order valence-corrected chi connectivity index (χ2v) is 11.9. The van der Waals surface area contributed by atoms with Gasteiger partial charge in [0, 0.05) is 24.3 Å². The van der Waals surface area contributed by atoms with Crippen LogP contribution in [0.4, 0.5) is 11.4 Å². The molecule has 274 valence electrons. The molecule has 14 nitrogen and oxygen atoms in total. The molecule has 0 fully saturated rings. The maximum absolute atomic E-state index is 12.7. The lowest BCUT2D eigenvalue weighted by Crippen LogP contribution is -2.29. The summed E-state index contributed by atoms with van der Waals surface area (Å²) in [5.74, 6) is -4.08. The zero-order valence-corrected chi connectivity index (χ0v) is 28.6. The van der Waals surface area contributed by atoms with Gasteiger partial charge >= 0.3 is 23.9 Å². The monoisotopic (exact) mass is 748 g/mol. The molecule has 4 amide bonds. The Labute approximate surface area is 316 Å². The van der Waals surface area contributed by atoms with Crippen LogP contribution in [0.15, 0.2) is 146 Å². The number of hydrogen-bond donors (Lipinski definition) is 0. The van der Waals surface area contributed by atoms with E-state index in [9.17, 15) is 38.4 Å². The molecule has 2 aliphatic rings. The first kappa shape index (κ1) is 36.1. The second-order valence-electron chi connectivity index (χ2n) is 11.9. The van der Waals surface area contributed by atoms with Crippen LogP contribution in [-0.2, 0) is 19.2 Å². The van der Waals surface area contributed by atoms with Gasteiger partial charge in [-0.3, -0.25) is 19.2 Å². The molecule has 0 aliphatic carbocycles. The molecule has 0 saturated carbocycles. The largest absolute Gasteiger partial charge is 0.423 e. The molecule has 5 aromatic rings. The van der Waals surface area contributed by atoms with Gasteiger partial charge in [0.15, 0.2) is 0 Å². The summed E-state index contributed by atoms with van der Waals surface area (Å²) in [5, 5.41) is 0. The number of rotatable bonds is 10. The van der Waals surface area contributed by atoms with Crippen LogP contribution in [-0.4, -0.2) is 47.5 Å². The summed E-state index contributed by atoms with van der Waals surface area (Å²) in [5.41, 5.74) is 1.29. The van der Waals surface area contributed by atoms with E-state index >= 15 is 0 Å². The summed E-state index contributed by atoms with van der Waals surface area (Å²) >= 11 is 0. The highest BCUT2D eigenvalue weighted by Gasteiger charge is 2.26. The van der Waals surface area contributed by atoms with E-state index in [1.807, 2.05) is 0 Å². The third kappa shape index (κ3) is 7.89. The van der Waals surface area contributed by atoms with Gasteiger partial charge < -0.3 is 18.9 Å². The van der Waals surface area contributed by atoms with Crippen LogP contribution in [0.1, 0.15) is 41.4 Å². The lowest BCUT2D eigenvalue weighted by Gasteiger charge is -2.14. The van der Waals surface area contributed by atoms with Crippen LogP contribution < -0.4 is 28.7 Å². The molecule has 0 bridgehead atoms. The minimum Gasteiger partial charge on any atom is -0.423 e. The SMILES string of the molecule is O=C(Oc1ccc(C(=O)Oc2ccc(N3C(=O)C=CC3=O)cc2)cc1)c1ccc(OC(=O)c2ccc(OC(=O)c3ccc(N4C(=O)C=CC4=O)cc3)cc2)cc1. The van der Waals surface area contributed by atoms with Gasteiger partial charge in [0.25, 0.3) is 23.6 Å². The molecule has 0 atom stereocenters. The molecule has 5 aromatic carbocycles. The molecule has 7 rings (SSSR count). The lowest BCUT2D eigenvalue weighted by molar-refractivity contribution is -0.121. The average Bonchev–Trinajstić information content (AvgIpc) is 3.73. The predicted octanol–water partition coefficient (Wildman–Crippen LogP) is 5.42. The van der Waals surface area contributed by atoms with E-state index < -0.39 is 47.5 Å². The van der Waals surface area contributed by atoms with E-state index in [1.165, 1.54) is 121 Å². The molecule has 0 N–H and O–H groups in total. The minimum absolute atomic E-state index is 0.145. The highest BCUT2D eigenvalue weighted by Crippen LogP contribution is 2.25. The summed E-state index contributed by atoms with van der Waals surface area (Å²) < 4.78 is 21.5. The first-order chi connectivity index (χ1) is 27.0. The summed E-state index contributed by atoms with van der Waals surface area (Å²) in [6.45, 7) is 0. The van der Waals surface area contributed by atoms with Gasteiger partial charge in [-0.1, -0.05) is 0 Å². The maximum Gasteiger partial charge on any atom is 0.343 e. The molecule has 14 heteroatoms. The molecular formula is C42H24N2O12. The Morgan fingerprint density at radius 1 is 0.304 bits per heavy atom. The van der Waals surface area contributed by atoms with E-state index in [2.05, 4.69) is 0 Å². The van der Waals surface area contributed by atoms with Crippen molar-refractivity contribution in [3.63, 3.8) is 0 Å². The number of anilines is 2. The van der Waals surface area contributed by atoms with Crippen molar-refractivity contribution in [2.75, 3.05) is 9.80 Å². The van der Waals surface area contributed by atoms with Gasteiger partial charge in [0.05, 0.1) is 33.6 Å². The zero-order chi connectivity index (χ0) is 39.3. The fraction of sp³-hybridized carbons (Fsp3) is 0. The van der Waals surface area contributed by atoms with Gasteiger partial charge in [0.1, 0.15) is 23.0 Å². The standard InChI is InChI=1S/C42H24N2O12/c45-35-21-22-36(46)43(35)29-9-1-25(2-10-29)39(49)53-31-13-3-26(4-14-31)40(50)54-32-15-5-27(6-16-32)41(51)55-33-17-7-28(8-18-33)42(52)56-34-19-11-30(12-20-34)44-37(47)23-24-38(44)48/h1-24H. The van der Waals surface area contributed by atoms with Crippen molar-refractivity contribution in [1.29, 1.82) is 0 Å². The number of ether oxygens (including phenoxy) is 4. The van der Waals surface area contributed by atoms with Crippen molar-refractivity contribution in [3.8, 4) is 23.0 Å². The van der Waals surface area contributed by atoms with Crippen molar-refractivity contribution in [2.24, 2.45) is 0 Å². The molecule has 0 unspecified atom stereocenters. The summed E-state index contributed by atoms with van der Waals surface area (Å²) in [4.78, 5) is 100. The van der Waals surface area contributed by atoms with Crippen molar-refractivity contribution in [1.82, 2.24) is 0 Å². The molecule has 0 spiro atoms. The minimum atomic E-state index is -0.711. The van der Waals surface area contributed by atoms with Gasteiger partial charge in [-0.05, 0) is 121 Å². The quantitative estimate of drug-likeness (QED) is 0.101. The molecular weight excluding hydrogens is 724 g/mol. The van der Waals surface area contributed by atoms with Crippen molar-refractivity contribution in [2.45, 2.75) is 0 Å². The summed E-state index contributed by atoms with van der Waals surface area (Å²) in [6, 6.07) is 28.5. The number of amides is 4. The Morgan fingerprint density at radius 3 is 0.750 bits per heavy atom. The Morgan fingerprint density at radius 2 is 0.500 bits per heavy atom. The third-order valence-corrected chi connectivity index (χ3v) is 8.19. The number of hydrogen-bond acceptors (Lipinski definition) is 12. The van der Waals surface area contributed by atoms with E-state index in [-0.39, 0.29) is 45.3 Å². The van der Waals surface area contributed by atoms with E-state index in [1.54, 1.807) is 0 Å². The number of benzene rings is 5. The average molecular weight is 749 g/mol. The number of nitrogens with zero attached hydrogens (tertiary/aromatic N) is 2. The number of carbonyl (C=O) groups is 8. The molecule has 2 aliphatic heterocycles. The van der Waals surface area contributed by atoms with Crippen LogP contribution in [0.25, 0.3) is 0 Å². The zero-order valence-electron chi connectivity index (χ0n) is 28.6. The summed E-state index contributed by atoms with van der Waals surface area (Å²) in [7, 11) is 0. The number of imide groups is 2. The highest BCUT2D eigenvalue weighted by atomic mass is 16.5. The molecule has 2 heterocycles. The van der Waals surface area contributed by atoms with Crippen molar-refractivity contribution in [3.05, 3.63) is 168 Å². The summed E-state index contributed by atoms with van der Waals surface area (Å²) in [6.07, 6.45) is 4.64. The molecule has 0 aromatic heterocycles. The normalized spacial score (nSPS) is 13.2. The predicted molar refractivity (Wildman–Crippen MR) is 195 cm³/mol. The van der Waals surface area contributed by atoms with E-state index in [0.29, 0.717) is 11.4 Å². The second kappa shape index (κ2) is 15.4. The molecule has 0 saturated heterocycles. The smallest absolute Gasteiger partial charge is 0.343 e. The van der Waals surface area contributed by atoms with Gasteiger partial charge in [-0.2, -0.15) is 0 Å². The Hall–Kier alpha value is -8.26. The Bertz CT molecular complexity index is 2450. The van der Waals surface area contributed by atoms with Crippen molar-refractivity contribution < 1.29 is 57.3 Å². The fourth-order valence-corrected chi connectivity index (χ4v) is 5.36. The number of carbonyl (C=O) groups excluding carboxylic acids is 8. The van der Waals surface area contributed by atoms with E-state index in [0.717, 1.165) is 34.1 Å². The fourth-order valence-electron chi connectivity index (χ4n) is 5.36. The Balaban J connectivity index is 0.874. The third-order valence-electron chi connectivity index (χ3n) is 8.19. The topological polar surface area (TPSA) is 180 Å². The van der Waals surface area contributed by atoms with Gasteiger partial charge in [-0.15, -0.1) is 0 Å². The Kier molecular flexibility index (Phi) is 9.92. The number of esters is 4. The van der Waals surface area contributed by atoms with Crippen LogP contribution in [0.5, 0.6) is 23.0 Å². The lowest BCUT2D eigenvalue weighted by atomic mass is 10.2.